The van der Waals surface area contributed by atoms with Crippen LogP contribution in [0.15, 0.2) is 12.1 Å². The fourth-order valence-corrected chi connectivity index (χ4v) is 3.38. The van der Waals surface area contributed by atoms with Gasteiger partial charge in [0.25, 0.3) is 5.91 Å². The lowest BCUT2D eigenvalue weighted by Crippen LogP contribution is -2.43. The van der Waals surface area contributed by atoms with E-state index in [0.717, 1.165) is 51.4 Å². The third kappa shape index (κ3) is 9.71. The summed E-state index contributed by atoms with van der Waals surface area (Å²) in [5.74, 6) is 0.696. The number of hydrogen-bond donors (Lipinski definition) is 2. The van der Waals surface area contributed by atoms with Crippen molar-refractivity contribution in [1.82, 2.24) is 15.5 Å². The summed E-state index contributed by atoms with van der Waals surface area (Å²) >= 11 is 6.39. The van der Waals surface area contributed by atoms with E-state index in [1.54, 1.807) is 7.11 Å². The van der Waals surface area contributed by atoms with E-state index < -0.39 is 0 Å². The van der Waals surface area contributed by atoms with E-state index in [-0.39, 0.29) is 30.5 Å². The first-order valence-corrected chi connectivity index (χ1v) is 10.5. The molecule has 172 valence electrons. The van der Waals surface area contributed by atoms with Crippen LogP contribution in [0.5, 0.6) is 11.5 Å². The van der Waals surface area contributed by atoms with Gasteiger partial charge >= 0.3 is 0 Å². The van der Waals surface area contributed by atoms with E-state index in [1.165, 1.54) is 0 Å². The first kappa shape index (κ1) is 26.8. The lowest BCUT2D eigenvalue weighted by Gasteiger charge is -2.26. The van der Waals surface area contributed by atoms with Crippen LogP contribution < -0.4 is 20.1 Å². The summed E-state index contributed by atoms with van der Waals surface area (Å²) < 4.78 is 16.4. The van der Waals surface area contributed by atoms with E-state index in [1.807, 2.05) is 32.9 Å². The number of nitrogens with zero attached hydrogens (tertiary/aromatic N) is 1. The quantitative estimate of drug-likeness (QED) is 0.519. The smallest absolute Gasteiger partial charge is 0.258 e. The fraction of sp³-hybridized carbons (Fsp3) is 0.667. The van der Waals surface area contributed by atoms with Crippen LogP contribution in [0, 0.1) is 0 Å². The molecule has 1 saturated heterocycles. The summed E-state index contributed by atoms with van der Waals surface area (Å²) in [5, 5.41) is 6.72. The second-order valence-electron chi connectivity index (χ2n) is 8.18. The Kier molecular flexibility index (Phi) is 11.8. The molecule has 0 saturated carbocycles. The Bertz CT molecular complexity index is 662. The van der Waals surface area contributed by atoms with Crippen LogP contribution in [-0.4, -0.2) is 69.5 Å². The van der Waals surface area contributed by atoms with Crippen molar-refractivity contribution in [2.24, 2.45) is 0 Å². The highest BCUT2D eigenvalue weighted by atomic mass is 35.5. The summed E-state index contributed by atoms with van der Waals surface area (Å²) in [6, 6.07) is 3.73. The Labute approximate surface area is 191 Å². The molecule has 0 spiro atoms. The van der Waals surface area contributed by atoms with Gasteiger partial charge in [-0.05, 0) is 58.0 Å². The Morgan fingerprint density at radius 2 is 1.97 bits per heavy atom. The molecule has 1 fully saturated rings. The van der Waals surface area contributed by atoms with Crippen LogP contribution in [-0.2, 0) is 16.1 Å². The van der Waals surface area contributed by atoms with Crippen LogP contribution in [0.25, 0.3) is 0 Å². The number of carbonyl (C=O) groups is 1. The topological polar surface area (TPSA) is 72.1 Å². The van der Waals surface area contributed by atoms with Gasteiger partial charge in [0.15, 0.2) is 18.1 Å². The molecule has 30 heavy (non-hydrogen) atoms. The Balaban J connectivity index is 0.00000450. The SMILES string of the molecule is COc1cc(CNCCCN2CCOCC2)cc(Cl)c1OCC(=O)NC(C)(C)C.Cl. The highest BCUT2D eigenvalue weighted by Gasteiger charge is 2.17. The lowest BCUT2D eigenvalue weighted by molar-refractivity contribution is -0.124. The van der Waals surface area contributed by atoms with E-state index in [0.29, 0.717) is 23.1 Å². The van der Waals surface area contributed by atoms with Crippen molar-refractivity contribution in [2.45, 2.75) is 39.3 Å². The molecular weight excluding hydrogens is 429 g/mol. The van der Waals surface area contributed by atoms with Gasteiger partial charge < -0.3 is 24.8 Å². The molecule has 1 amide bonds. The minimum atomic E-state index is -0.314. The number of rotatable bonds is 10. The van der Waals surface area contributed by atoms with Gasteiger partial charge in [0.1, 0.15) is 0 Å². The Hall–Kier alpha value is -1.25. The molecule has 0 unspecified atom stereocenters. The maximum absolute atomic E-state index is 12.0. The number of hydrogen-bond acceptors (Lipinski definition) is 6. The zero-order chi connectivity index (χ0) is 21.3. The molecule has 0 bridgehead atoms. The monoisotopic (exact) mass is 463 g/mol. The van der Waals surface area contributed by atoms with Crippen molar-refractivity contribution in [1.29, 1.82) is 0 Å². The van der Waals surface area contributed by atoms with Crippen molar-refractivity contribution in [3.8, 4) is 11.5 Å². The van der Waals surface area contributed by atoms with Crippen LogP contribution in [0.3, 0.4) is 0 Å². The number of benzene rings is 1. The molecule has 0 aromatic heterocycles. The predicted octanol–water partition coefficient (Wildman–Crippen LogP) is 2.88. The highest BCUT2D eigenvalue weighted by molar-refractivity contribution is 6.32. The van der Waals surface area contributed by atoms with Crippen LogP contribution in [0.2, 0.25) is 5.02 Å². The average Bonchev–Trinajstić information content (AvgIpc) is 2.66. The first-order chi connectivity index (χ1) is 13.8. The van der Waals surface area contributed by atoms with Crippen molar-refractivity contribution < 1.29 is 19.0 Å². The number of carbonyl (C=O) groups excluding carboxylic acids is 1. The van der Waals surface area contributed by atoms with E-state index in [9.17, 15) is 4.79 Å². The minimum Gasteiger partial charge on any atom is -0.493 e. The molecule has 0 radical (unpaired) electrons. The van der Waals surface area contributed by atoms with Crippen LogP contribution >= 0.6 is 24.0 Å². The number of amides is 1. The molecule has 1 heterocycles. The van der Waals surface area contributed by atoms with Crippen molar-refractivity contribution in [2.75, 3.05) is 53.1 Å². The summed E-state index contributed by atoms with van der Waals surface area (Å²) in [5.41, 5.74) is 0.691. The molecule has 0 atom stereocenters. The predicted molar refractivity (Wildman–Crippen MR) is 122 cm³/mol. The van der Waals surface area contributed by atoms with Gasteiger partial charge in [-0.3, -0.25) is 9.69 Å². The minimum absolute atomic E-state index is 0. The molecule has 1 aliphatic rings. The van der Waals surface area contributed by atoms with Crippen LogP contribution in [0.1, 0.15) is 32.8 Å². The van der Waals surface area contributed by atoms with Gasteiger partial charge in [-0.15, -0.1) is 12.4 Å². The fourth-order valence-electron chi connectivity index (χ4n) is 3.09. The van der Waals surface area contributed by atoms with Crippen LogP contribution in [0.4, 0.5) is 0 Å². The zero-order valence-electron chi connectivity index (χ0n) is 18.4. The van der Waals surface area contributed by atoms with E-state index in [2.05, 4.69) is 15.5 Å². The maximum Gasteiger partial charge on any atom is 0.258 e. The average molecular weight is 464 g/mol. The lowest BCUT2D eigenvalue weighted by atomic mass is 10.1. The second-order valence-corrected chi connectivity index (χ2v) is 8.59. The summed E-state index contributed by atoms with van der Waals surface area (Å²) in [4.78, 5) is 14.4. The maximum atomic E-state index is 12.0. The van der Waals surface area contributed by atoms with Gasteiger partial charge in [-0.1, -0.05) is 11.6 Å². The van der Waals surface area contributed by atoms with Gasteiger partial charge in [-0.25, -0.2) is 0 Å². The number of halogens is 2. The highest BCUT2D eigenvalue weighted by Crippen LogP contribution is 2.36. The van der Waals surface area contributed by atoms with Crippen molar-refractivity contribution in [3.05, 3.63) is 22.7 Å². The first-order valence-electron chi connectivity index (χ1n) is 10.1. The second kappa shape index (κ2) is 13.2. The molecule has 0 aliphatic carbocycles. The Morgan fingerprint density at radius 3 is 2.60 bits per heavy atom. The van der Waals surface area contributed by atoms with Crippen molar-refractivity contribution in [3.63, 3.8) is 0 Å². The molecule has 7 nitrogen and oxygen atoms in total. The molecule has 1 aliphatic heterocycles. The summed E-state index contributed by atoms with van der Waals surface area (Å²) in [7, 11) is 1.56. The normalized spacial score (nSPS) is 14.7. The third-order valence-corrected chi connectivity index (χ3v) is 4.69. The molecule has 1 aromatic rings. The number of methoxy groups -OCH3 is 1. The standard InChI is InChI=1S/C21H34ClN3O4.ClH/c1-21(2,3)24-19(26)15-29-20-17(22)12-16(13-18(20)27-4)14-23-6-5-7-25-8-10-28-11-9-25;/h12-13,23H,5-11,14-15H2,1-4H3,(H,24,26);1H. The van der Waals surface area contributed by atoms with Crippen molar-refractivity contribution >= 4 is 29.9 Å². The molecule has 2 N–H and O–H groups in total. The van der Waals surface area contributed by atoms with E-state index in [4.69, 9.17) is 25.8 Å². The number of nitrogens with one attached hydrogen (secondary N) is 2. The molecule has 2 rings (SSSR count). The van der Waals surface area contributed by atoms with Gasteiger partial charge in [0.05, 0.1) is 25.3 Å². The number of ether oxygens (including phenoxy) is 3. The molecular formula is C21H35Cl2N3O4. The summed E-state index contributed by atoms with van der Waals surface area (Å²) in [6.45, 7) is 12.0. The number of morpholine rings is 1. The van der Waals surface area contributed by atoms with E-state index >= 15 is 0 Å². The van der Waals surface area contributed by atoms with Gasteiger partial charge in [-0.2, -0.15) is 0 Å². The summed E-state index contributed by atoms with van der Waals surface area (Å²) in [6.07, 6.45) is 1.08. The van der Waals surface area contributed by atoms with Gasteiger partial charge in [0.2, 0.25) is 0 Å². The zero-order valence-corrected chi connectivity index (χ0v) is 20.0. The molecule has 9 heteroatoms. The largest absolute Gasteiger partial charge is 0.493 e. The Morgan fingerprint density at radius 1 is 1.27 bits per heavy atom. The third-order valence-electron chi connectivity index (χ3n) is 4.41. The van der Waals surface area contributed by atoms with Gasteiger partial charge in [0, 0.05) is 25.2 Å². The molecule has 1 aromatic carbocycles.